The molecule has 0 radical (unpaired) electrons. The summed E-state index contributed by atoms with van der Waals surface area (Å²) in [5.41, 5.74) is 0.859. The molecule has 2 aromatic rings. The minimum absolute atomic E-state index is 0.0781. The summed E-state index contributed by atoms with van der Waals surface area (Å²) in [7, 11) is 0. The van der Waals surface area contributed by atoms with E-state index in [1.54, 1.807) is 4.57 Å². The Balaban J connectivity index is 1.88. The topological polar surface area (TPSA) is 97.1 Å². The zero-order valence-electron chi connectivity index (χ0n) is 14.6. The van der Waals surface area contributed by atoms with Crippen molar-refractivity contribution in [2.75, 3.05) is 0 Å². The van der Waals surface area contributed by atoms with Crippen LogP contribution >= 0.6 is 11.8 Å². The van der Waals surface area contributed by atoms with Crippen LogP contribution in [-0.4, -0.2) is 37.8 Å². The number of carboxylic acids is 1. The number of hydrogen-bond donors (Lipinski definition) is 2. The molecule has 0 aliphatic heterocycles. The van der Waals surface area contributed by atoms with Crippen LogP contribution in [0.5, 0.6) is 0 Å². The third-order valence-corrected chi connectivity index (χ3v) is 5.28. The lowest BCUT2D eigenvalue weighted by Gasteiger charge is -2.17. The first-order valence-electron chi connectivity index (χ1n) is 8.74. The molecule has 0 spiro atoms. The Morgan fingerprint density at radius 3 is 2.65 bits per heavy atom. The van der Waals surface area contributed by atoms with Gasteiger partial charge in [-0.3, -0.25) is 14.2 Å². The second-order valence-electron chi connectivity index (χ2n) is 6.32. The van der Waals surface area contributed by atoms with Gasteiger partial charge in [-0.15, -0.1) is 10.2 Å². The van der Waals surface area contributed by atoms with E-state index in [1.807, 2.05) is 37.3 Å². The highest BCUT2D eigenvalue weighted by Crippen LogP contribution is 2.36. The molecule has 1 aliphatic rings. The van der Waals surface area contributed by atoms with E-state index >= 15 is 0 Å². The summed E-state index contributed by atoms with van der Waals surface area (Å²) in [6, 6.07) is 9.72. The van der Waals surface area contributed by atoms with Crippen LogP contribution in [-0.2, 0) is 22.6 Å². The summed E-state index contributed by atoms with van der Waals surface area (Å²) < 4.78 is 1.59. The average Bonchev–Trinajstić information content (AvgIpc) is 3.36. The molecule has 1 amide bonds. The van der Waals surface area contributed by atoms with E-state index in [9.17, 15) is 14.7 Å². The van der Waals surface area contributed by atoms with Gasteiger partial charge in [-0.25, -0.2) is 0 Å². The van der Waals surface area contributed by atoms with Gasteiger partial charge >= 0.3 is 5.97 Å². The maximum atomic E-state index is 12.8. The second-order valence-corrected chi connectivity index (χ2v) is 7.39. The smallest absolute Gasteiger partial charge is 0.323 e. The van der Waals surface area contributed by atoms with E-state index in [0.29, 0.717) is 17.4 Å². The zero-order valence-corrected chi connectivity index (χ0v) is 15.4. The Morgan fingerprint density at radius 2 is 2.04 bits per heavy atom. The first-order chi connectivity index (χ1) is 12.6. The van der Waals surface area contributed by atoms with Gasteiger partial charge in [-0.05, 0) is 24.8 Å². The number of nitrogens with one attached hydrogen (secondary N) is 1. The summed E-state index contributed by atoms with van der Waals surface area (Å²) in [5, 5.41) is 20.5. The van der Waals surface area contributed by atoms with Crippen LogP contribution in [0.1, 0.15) is 42.8 Å². The zero-order chi connectivity index (χ0) is 18.5. The first-order valence-corrected chi connectivity index (χ1v) is 9.62. The number of benzene rings is 1. The van der Waals surface area contributed by atoms with E-state index < -0.39 is 11.2 Å². The van der Waals surface area contributed by atoms with Gasteiger partial charge in [0.05, 0.1) is 0 Å². The molecule has 26 heavy (non-hydrogen) atoms. The molecule has 1 heterocycles. The monoisotopic (exact) mass is 374 g/mol. The number of aromatic nitrogens is 3. The highest BCUT2D eigenvalue weighted by Gasteiger charge is 2.30. The largest absolute Gasteiger partial charge is 0.480 e. The van der Waals surface area contributed by atoms with Crippen molar-refractivity contribution in [2.24, 2.45) is 0 Å². The summed E-state index contributed by atoms with van der Waals surface area (Å²) in [6.45, 7) is 1.79. The quantitative estimate of drug-likeness (QED) is 0.654. The molecule has 1 unspecified atom stereocenters. The highest BCUT2D eigenvalue weighted by molar-refractivity contribution is 8.00. The molecule has 1 fully saturated rings. The molecular weight excluding hydrogens is 352 g/mol. The summed E-state index contributed by atoms with van der Waals surface area (Å²) >= 11 is 1.25. The first kappa shape index (κ1) is 18.4. The number of rotatable bonds is 9. The number of hydrogen-bond acceptors (Lipinski definition) is 5. The van der Waals surface area contributed by atoms with E-state index in [0.717, 1.165) is 24.8 Å². The fraction of sp³-hybridized carbons (Fsp3) is 0.444. The molecule has 8 heteroatoms. The fourth-order valence-corrected chi connectivity index (χ4v) is 3.68. The van der Waals surface area contributed by atoms with E-state index in [-0.39, 0.29) is 18.5 Å². The predicted octanol–water partition coefficient (Wildman–Crippen LogP) is 2.43. The van der Waals surface area contributed by atoms with Gasteiger partial charge in [0.1, 0.15) is 17.6 Å². The minimum atomic E-state index is -0.956. The molecule has 1 aromatic carbocycles. The van der Waals surface area contributed by atoms with Crippen molar-refractivity contribution in [3.8, 4) is 0 Å². The predicted molar refractivity (Wildman–Crippen MR) is 97.9 cm³/mol. The maximum Gasteiger partial charge on any atom is 0.323 e. The fourth-order valence-electron chi connectivity index (χ4n) is 2.62. The van der Waals surface area contributed by atoms with Crippen LogP contribution in [0.25, 0.3) is 0 Å². The Morgan fingerprint density at radius 1 is 1.31 bits per heavy atom. The number of aliphatic carboxylic acids is 1. The van der Waals surface area contributed by atoms with E-state index in [4.69, 9.17) is 0 Å². The summed E-state index contributed by atoms with van der Waals surface area (Å²) in [6.07, 6.45) is 3.50. The van der Waals surface area contributed by atoms with Crippen molar-refractivity contribution in [3.05, 3.63) is 41.7 Å². The molecule has 1 aliphatic carbocycles. The summed E-state index contributed by atoms with van der Waals surface area (Å²) in [4.78, 5) is 24.0. The van der Waals surface area contributed by atoms with E-state index in [2.05, 4.69) is 15.5 Å². The number of nitrogens with zero attached hydrogens (tertiary/aromatic N) is 3. The van der Waals surface area contributed by atoms with Gasteiger partial charge in [0.2, 0.25) is 5.91 Å². The number of thioether (sulfide) groups is 1. The molecule has 3 rings (SSSR count). The SMILES string of the molecule is CCCc1nnc(SC(C(=O)NC2CC2)c2ccccc2)n1CC(=O)O. The van der Waals surface area contributed by atoms with Gasteiger partial charge in [0.25, 0.3) is 0 Å². The summed E-state index contributed by atoms with van der Waals surface area (Å²) in [5.74, 6) is -0.403. The number of carbonyl (C=O) groups is 2. The van der Waals surface area contributed by atoms with Crippen molar-refractivity contribution in [3.63, 3.8) is 0 Å². The molecular formula is C18H22N4O3S. The van der Waals surface area contributed by atoms with Gasteiger partial charge < -0.3 is 10.4 Å². The molecule has 2 N–H and O–H groups in total. The Kier molecular flexibility index (Phi) is 5.92. The van der Waals surface area contributed by atoms with Gasteiger partial charge in [0, 0.05) is 12.5 Å². The van der Waals surface area contributed by atoms with Gasteiger partial charge in [0.15, 0.2) is 5.16 Å². The molecule has 138 valence electrons. The normalized spacial score (nSPS) is 14.8. The Hall–Kier alpha value is -2.35. The van der Waals surface area contributed by atoms with Crippen molar-refractivity contribution >= 4 is 23.6 Å². The lowest BCUT2D eigenvalue weighted by molar-refractivity contribution is -0.137. The molecule has 7 nitrogen and oxygen atoms in total. The number of carbonyl (C=O) groups excluding carboxylic acids is 1. The molecule has 1 atom stereocenters. The van der Waals surface area contributed by atoms with Crippen molar-refractivity contribution in [1.29, 1.82) is 0 Å². The molecule has 0 saturated heterocycles. The second kappa shape index (κ2) is 8.35. The van der Waals surface area contributed by atoms with Crippen molar-refractivity contribution in [1.82, 2.24) is 20.1 Å². The van der Waals surface area contributed by atoms with Gasteiger partial charge in [-0.2, -0.15) is 0 Å². The van der Waals surface area contributed by atoms with E-state index in [1.165, 1.54) is 11.8 Å². The third-order valence-electron chi connectivity index (χ3n) is 4.05. The van der Waals surface area contributed by atoms with Crippen LogP contribution < -0.4 is 5.32 Å². The van der Waals surface area contributed by atoms with Crippen LogP contribution in [0.15, 0.2) is 35.5 Å². The number of aryl methyl sites for hydroxylation is 1. The van der Waals surface area contributed by atoms with Crippen molar-refractivity contribution in [2.45, 2.75) is 55.6 Å². The van der Waals surface area contributed by atoms with Crippen LogP contribution in [0, 0.1) is 0 Å². The minimum Gasteiger partial charge on any atom is -0.480 e. The average molecular weight is 374 g/mol. The molecule has 0 bridgehead atoms. The van der Waals surface area contributed by atoms with Crippen LogP contribution in [0.2, 0.25) is 0 Å². The maximum absolute atomic E-state index is 12.8. The highest BCUT2D eigenvalue weighted by atomic mass is 32.2. The Bertz CT molecular complexity index is 774. The lowest BCUT2D eigenvalue weighted by Crippen LogP contribution is -2.30. The van der Waals surface area contributed by atoms with Crippen molar-refractivity contribution < 1.29 is 14.7 Å². The molecule has 1 aromatic heterocycles. The number of amides is 1. The Labute approximate surface area is 156 Å². The van der Waals surface area contributed by atoms with Crippen LogP contribution in [0.3, 0.4) is 0 Å². The molecule has 1 saturated carbocycles. The number of carboxylic acid groups (broad SMARTS) is 1. The standard InChI is InChI=1S/C18H22N4O3S/c1-2-6-14-20-21-18(22(14)11-15(23)24)26-16(12-7-4-3-5-8-12)17(25)19-13-9-10-13/h3-5,7-8,13,16H,2,6,9-11H2,1H3,(H,19,25)(H,23,24). The van der Waals surface area contributed by atoms with Crippen LogP contribution in [0.4, 0.5) is 0 Å². The van der Waals surface area contributed by atoms with Gasteiger partial charge in [-0.1, -0.05) is 49.0 Å². The lowest BCUT2D eigenvalue weighted by atomic mass is 10.1. The third kappa shape index (κ3) is 4.63.